The van der Waals surface area contributed by atoms with Crippen molar-refractivity contribution in [1.29, 1.82) is 0 Å². The maximum Gasteiger partial charge on any atom is 0.255 e. The van der Waals surface area contributed by atoms with Gasteiger partial charge in [0.15, 0.2) is 11.5 Å². The second kappa shape index (κ2) is 9.96. The van der Waals surface area contributed by atoms with E-state index >= 15 is 0 Å². The van der Waals surface area contributed by atoms with Crippen LogP contribution in [0.3, 0.4) is 0 Å². The molecule has 1 aliphatic rings. The van der Waals surface area contributed by atoms with Crippen molar-refractivity contribution in [2.45, 2.75) is 32.4 Å². The Morgan fingerprint density at radius 1 is 0.939 bits per heavy atom. The minimum Gasteiger partial charge on any atom is -0.493 e. The van der Waals surface area contributed by atoms with E-state index in [-0.39, 0.29) is 17.9 Å². The minimum atomic E-state index is -0.305. The molecule has 3 aromatic rings. The standard InChI is InChI=1S/C26H25ClN2O4/c1-16-3-6-18(25(30)28-21-10-11-21)13-22(16)29-26(31)19-7-12-23(24(14-19)32-2)33-15-17-4-8-20(27)9-5-17/h3-9,12-14,21H,10-11,15H2,1-2H3,(H,28,30)(H,29,31). The zero-order valence-electron chi connectivity index (χ0n) is 18.5. The van der Waals surface area contributed by atoms with E-state index in [0.29, 0.717) is 39.9 Å². The first-order chi connectivity index (χ1) is 15.9. The highest BCUT2D eigenvalue weighted by atomic mass is 35.5. The molecule has 2 amide bonds. The topological polar surface area (TPSA) is 76.7 Å². The van der Waals surface area contributed by atoms with Gasteiger partial charge in [0, 0.05) is 27.9 Å². The number of aryl methyl sites for hydroxylation is 1. The lowest BCUT2D eigenvalue weighted by molar-refractivity contribution is 0.0949. The molecule has 1 fully saturated rings. The molecular formula is C26H25ClN2O4. The Hall–Kier alpha value is -3.51. The van der Waals surface area contributed by atoms with Gasteiger partial charge in [-0.3, -0.25) is 9.59 Å². The number of halogens is 1. The van der Waals surface area contributed by atoms with Crippen LogP contribution in [0.25, 0.3) is 0 Å². The van der Waals surface area contributed by atoms with Crippen molar-refractivity contribution in [2.24, 2.45) is 0 Å². The average molecular weight is 465 g/mol. The van der Waals surface area contributed by atoms with Crippen molar-refractivity contribution in [3.05, 3.63) is 87.9 Å². The Morgan fingerprint density at radius 3 is 2.33 bits per heavy atom. The van der Waals surface area contributed by atoms with Crippen LogP contribution in [-0.2, 0) is 6.61 Å². The predicted octanol–water partition coefficient (Wildman–Crippen LogP) is 5.38. The lowest BCUT2D eigenvalue weighted by Crippen LogP contribution is -2.25. The summed E-state index contributed by atoms with van der Waals surface area (Å²) in [5, 5.41) is 6.52. The molecule has 0 bridgehead atoms. The van der Waals surface area contributed by atoms with Crippen molar-refractivity contribution in [2.75, 3.05) is 12.4 Å². The van der Waals surface area contributed by atoms with Crippen LogP contribution < -0.4 is 20.1 Å². The molecule has 7 heteroatoms. The number of benzene rings is 3. The third-order valence-corrected chi connectivity index (χ3v) is 5.65. The Bertz CT molecular complexity index is 1170. The molecule has 0 aromatic heterocycles. The lowest BCUT2D eigenvalue weighted by Gasteiger charge is -2.14. The number of hydrogen-bond acceptors (Lipinski definition) is 4. The molecule has 0 aliphatic heterocycles. The number of methoxy groups -OCH3 is 1. The van der Waals surface area contributed by atoms with E-state index in [1.54, 1.807) is 42.5 Å². The van der Waals surface area contributed by atoms with Crippen LogP contribution in [0.1, 0.15) is 44.7 Å². The van der Waals surface area contributed by atoms with Gasteiger partial charge in [0.25, 0.3) is 11.8 Å². The molecule has 6 nitrogen and oxygen atoms in total. The largest absolute Gasteiger partial charge is 0.493 e. The average Bonchev–Trinajstić information content (AvgIpc) is 3.64. The Morgan fingerprint density at radius 2 is 1.64 bits per heavy atom. The van der Waals surface area contributed by atoms with Crippen molar-refractivity contribution < 1.29 is 19.1 Å². The molecule has 0 atom stereocenters. The van der Waals surface area contributed by atoms with Crippen molar-refractivity contribution in [1.82, 2.24) is 5.32 Å². The molecule has 1 aliphatic carbocycles. The molecule has 1 saturated carbocycles. The maximum atomic E-state index is 12.9. The van der Waals surface area contributed by atoms with E-state index < -0.39 is 0 Å². The molecule has 0 saturated heterocycles. The first-order valence-electron chi connectivity index (χ1n) is 10.7. The van der Waals surface area contributed by atoms with Gasteiger partial charge in [-0.1, -0.05) is 29.8 Å². The summed E-state index contributed by atoms with van der Waals surface area (Å²) in [5.41, 5.74) is 3.35. The van der Waals surface area contributed by atoms with E-state index in [2.05, 4.69) is 10.6 Å². The van der Waals surface area contributed by atoms with Gasteiger partial charge < -0.3 is 20.1 Å². The highest BCUT2D eigenvalue weighted by Crippen LogP contribution is 2.30. The summed E-state index contributed by atoms with van der Waals surface area (Å²) in [6.07, 6.45) is 2.03. The monoisotopic (exact) mass is 464 g/mol. The molecule has 3 aromatic carbocycles. The van der Waals surface area contributed by atoms with E-state index in [4.69, 9.17) is 21.1 Å². The molecule has 170 valence electrons. The summed E-state index contributed by atoms with van der Waals surface area (Å²) in [4.78, 5) is 25.3. The fourth-order valence-electron chi connectivity index (χ4n) is 3.26. The fraction of sp³-hybridized carbons (Fsp3) is 0.231. The third kappa shape index (κ3) is 5.84. The summed E-state index contributed by atoms with van der Waals surface area (Å²) in [5.74, 6) is 0.544. The summed E-state index contributed by atoms with van der Waals surface area (Å²) in [6, 6.07) is 17.9. The third-order valence-electron chi connectivity index (χ3n) is 5.39. The van der Waals surface area contributed by atoms with Gasteiger partial charge >= 0.3 is 0 Å². The summed E-state index contributed by atoms with van der Waals surface area (Å²) < 4.78 is 11.3. The van der Waals surface area contributed by atoms with Gasteiger partial charge in [-0.15, -0.1) is 0 Å². The van der Waals surface area contributed by atoms with Crippen LogP contribution in [0, 0.1) is 6.92 Å². The highest BCUT2D eigenvalue weighted by Gasteiger charge is 2.24. The van der Waals surface area contributed by atoms with Gasteiger partial charge in [0.05, 0.1) is 7.11 Å². The van der Waals surface area contributed by atoms with E-state index in [1.165, 1.54) is 7.11 Å². The minimum absolute atomic E-state index is 0.128. The Kier molecular flexibility index (Phi) is 6.84. The summed E-state index contributed by atoms with van der Waals surface area (Å²) in [7, 11) is 1.53. The molecule has 0 unspecified atom stereocenters. The van der Waals surface area contributed by atoms with Crippen LogP contribution >= 0.6 is 11.6 Å². The van der Waals surface area contributed by atoms with Gasteiger partial charge in [-0.2, -0.15) is 0 Å². The van der Waals surface area contributed by atoms with Crippen molar-refractivity contribution >= 4 is 29.1 Å². The van der Waals surface area contributed by atoms with Crippen LogP contribution in [0.4, 0.5) is 5.69 Å². The Balaban J connectivity index is 1.45. The quantitative estimate of drug-likeness (QED) is 0.469. The fourth-order valence-corrected chi connectivity index (χ4v) is 3.38. The van der Waals surface area contributed by atoms with Gasteiger partial charge in [0.2, 0.25) is 0 Å². The van der Waals surface area contributed by atoms with Crippen LogP contribution in [0.5, 0.6) is 11.5 Å². The number of hydrogen-bond donors (Lipinski definition) is 2. The van der Waals surface area contributed by atoms with Crippen LogP contribution in [-0.4, -0.2) is 25.0 Å². The highest BCUT2D eigenvalue weighted by molar-refractivity contribution is 6.30. The summed E-state index contributed by atoms with van der Waals surface area (Å²) >= 11 is 5.92. The Labute approximate surface area is 197 Å². The molecule has 0 radical (unpaired) electrons. The zero-order chi connectivity index (χ0) is 23.4. The zero-order valence-corrected chi connectivity index (χ0v) is 19.2. The molecule has 0 spiro atoms. The van der Waals surface area contributed by atoms with Crippen LogP contribution in [0.2, 0.25) is 5.02 Å². The second-order valence-corrected chi connectivity index (χ2v) is 8.45. The van der Waals surface area contributed by atoms with E-state index in [0.717, 1.165) is 24.0 Å². The van der Waals surface area contributed by atoms with Crippen LogP contribution in [0.15, 0.2) is 60.7 Å². The first-order valence-corrected chi connectivity index (χ1v) is 11.1. The van der Waals surface area contributed by atoms with Crippen molar-refractivity contribution in [3.63, 3.8) is 0 Å². The van der Waals surface area contributed by atoms with Gasteiger partial charge in [-0.05, 0) is 73.4 Å². The number of ether oxygens (including phenoxy) is 2. The van der Waals surface area contributed by atoms with Gasteiger partial charge in [-0.25, -0.2) is 0 Å². The number of anilines is 1. The number of carbonyl (C=O) groups excluding carboxylic acids is 2. The van der Waals surface area contributed by atoms with E-state index in [9.17, 15) is 9.59 Å². The lowest BCUT2D eigenvalue weighted by atomic mass is 10.1. The first kappa shape index (κ1) is 22.7. The molecule has 33 heavy (non-hydrogen) atoms. The molecule has 0 heterocycles. The molecule has 2 N–H and O–H groups in total. The molecule has 4 rings (SSSR count). The number of nitrogens with one attached hydrogen (secondary N) is 2. The molecular weight excluding hydrogens is 440 g/mol. The van der Waals surface area contributed by atoms with Gasteiger partial charge in [0.1, 0.15) is 6.61 Å². The number of amides is 2. The van der Waals surface area contributed by atoms with Crippen molar-refractivity contribution in [3.8, 4) is 11.5 Å². The second-order valence-electron chi connectivity index (χ2n) is 8.01. The smallest absolute Gasteiger partial charge is 0.255 e. The predicted molar refractivity (Wildman–Crippen MR) is 128 cm³/mol. The number of rotatable bonds is 8. The number of carbonyl (C=O) groups is 2. The van der Waals surface area contributed by atoms with E-state index in [1.807, 2.05) is 25.1 Å². The summed E-state index contributed by atoms with van der Waals surface area (Å²) in [6.45, 7) is 2.22. The normalized spacial score (nSPS) is 12.7. The SMILES string of the molecule is COc1cc(C(=O)Nc2cc(C(=O)NC3CC3)ccc2C)ccc1OCc1ccc(Cl)cc1. The maximum absolute atomic E-state index is 12.9.